The molecule has 1 aliphatic heterocycles. The van der Waals surface area contributed by atoms with E-state index in [1.165, 1.54) is 62.2 Å². The van der Waals surface area contributed by atoms with Crippen LogP contribution >= 0.6 is 23.5 Å². The molecule has 1 saturated carbocycles. The fourth-order valence-electron chi connectivity index (χ4n) is 3.60. The van der Waals surface area contributed by atoms with Crippen molar-refractivity contribution in [3.63, 3.8) is 0 Å². The molecular weight excluding hydrogens is 324 g/mol. The Bertz CT molecular complexity index is 364. The molecule has 2 fully saturated rings. The van der Waals surface area contributed by atoms with Gasteiger partial charge in [-0.1, -0.05) is 31.4 Å². The largest absolute Gasteiger partial charge is 0.481 e. The normalized spacial score (nSPS) is 26.1. The van der Waals surface area contributed by atoms with Gasteiger partial charge in [0.2, 0.25) is 0 Å². The van der Waals surface area contributed by atoms with E-state index in [-0.39, 0.29) is 0 Å². The topological polar surface area (TPSA) is 37.3 Å². The highest BCUT2D eigenvalue weighted by molar-refractivity contribution is 8.00. The Morgan fingerprint density at radius 1 is 1.13 bits per heavy atom. The van der Waals surface area contributed by atoms with Crippen molar-refractivity contribution in [2.45, 2.75) is 69.5 Å². The monoisotopic (exact) mass is 356 g/mol. The molecule has 2 rings (SSSR count). The molecule has 0 aromatic rings. The molecule has 0 aromatic carbocycles. The Morgan fingerprint density at radius 3 is 2.70 bits per heavy atom. The minimum atomic E-state index is -0.680. The van der Waals surface area contributed by atoms with Crippen LogP contribution in [0.1, 0.15) is 64.2 Å². The van der Waals surface area contributed by atoms with Crippen LogP contribution in [0, 0.1) is 11.8 Å². The summed E-state index contributed by atoms with van der Waals surface area (Å²) in [7, 11) is 0. The molecule has 132 valence electrons. The molecule has 0 radical (unpaired) electrons. The number of carbonyl (C=O) groups is 1. The molecule has 4 heteroatoms. The molecule has 2 atom stereocenters. The number of carboxylic acid groups (broad SMARTS) is 1. The van der Waals surface area contributed by atoms with Crippen LogP contribution in [0.15, 0.2) is 12.2 Å². The lowest BCUT2D eigenvalue weighted by molar-refractivity contribution is -0.137. The van der Waals surface area contributed by atoms with Gasteiger partial charge in [0, 0.05) is 11.7 Å². The third-order valence-electron chi connectivity index (χ3n) is 5.09. The SMILES string of the molecule is O=C(O)CCCC=CC[C@H]1CSC[C@H]1CCSC1CCCCC1. The van der Waals surface area contributed by atoms with Gasteiger partial charge in [-0.15, -0.1) is 0 Å². The van der Waals surface area contributed by atoms with Crippen LogP contribution in [0.4, 0.5) is 0 Å². The second kappa shape index (κ2) is 11.5. The van der Waals surface area contributed by atoms with Gasteiger partial charge >= 0.3 is 5.97 Å². The Hall–Kier alpha value is -0.0900. The van der Waals surface area contributed by atoms with E-state index in [1.54, 1.807) is 0 Å². The predicted molar refractivity (Wildman–Crippen MR) is 103 cm³/mol. The van der Waals surface area contributed by atoms with Gasteiger partial charge in [-0.3, -0.25) is 4.79 Å². The number of aliphatic carboxylic acids is 1. The van der Waals surface area contributed by atoms with Gasteiger partial charge in [-0.2, -0.15) is 23.5 Å². The van der Waals surface area contributed by atoms with Crippen LogP contribution in [0.3, 0.4) is 0 Å². The predicted octanol–water partition coefficient (Wildman–Crippen LogP) is 5.62. The Kier molecular flexibility index (Phi) is 9.59. The first kappa shape index (κ1) is 19.2. The summed E-state index contributed by atoms with van der Waals surface area (Å²) in [5.41, 5.74) is 0. The third-order valence-corrected chi connectivity index (χ3v) is 7.83. The fourth-order valence-corrected chi connectivity index (χ4v) is 6.63. The van der Waals surface area contributed by atoms with Crippen molar-refractivity contribution in [2.24, 2.45) is 11.8 Å². The number of unbranched alkanes of at least 4 members (excludes halogenated alkanes) is 1. The lowest BCUT2D eigenvalue weighted by Gasteiger charge is -2.22. The average molecular weight is 357 g/mol. The molecule has 0 unspecified atom stereocenters. The maximum absolute atomic E-state index is 10.5. The Balaban J connectivity index is 1.56. The van der Waals surface area contributed by atoms with Gasteiger partial charge in [-0.25, -0.2) is 0 Å². The van der Waals surface area contributed by atoms with Gasteiger partial charge in [0.1, 0.15) is 0 Å². The molecule has 1 heterocycles. The van der Waals surface area contributed by atoms with E-state index in [1.807, 2.05) is 0 Å². The van der Waals surface area contributed by atoms with Crippen molar-refractivity contribution in [2.75, 3.05) is 17.3 Å². The van der Waals surface area contributed by atoms with E-state index in [9.17, 15) is 4.79 Å². The van der Waals surface area contributed by atoms with Crippen molar-refractivity contribution in [1.82, 2.24) is 0 Å². The number of rotatable bonds is 10. The Morgan fingerprint density at radius 2 is 1.91 bits per heavy atom. The van der Waals surface area contributed by atoms with Crippen molar-refractivity contribution in [1.29, 1.82) is 0 Å². The minimum Gasteiger partial charge on any atom is -0.481 e. The Labute approximate surface area is 150 Å². The first-order valence-electron chi connectivity index (χ1n) is 9.32. The fraction of sp³-hybridized carbons (Fsp3) is 0.842. The standard InChI is InChI=1S/C19H32O2S2/c20-19(21)11-7-2-1-4-8-16-14-22-15-17(16)12-13-23-18-9-5-3-6-10-18/h1,4,16-18H,2-3,5-15H2,(H,20,21)/t16-,17+/m0/s1. The third kappa shape index (κ3) is 8.02. The molecule has 2 nitrogen and oxygen atoms in total. The summed E-state index contributed by atoms with van der Waals surface area (Å²) in [5.74, 6) is 5.10. The van der Waals surface area contributed by atoms with Crippen LogP contribution in [0.2, 0.25) is 0 Å². The zero-order valence-corrected chi connectivity index (χ0v) is 15.9. The highest BCUT2D eigenvalue weighted by Crippen LogP contribution is 2.37. The van der Waals surface area contributed by atoms with E-state index in [2.05, 4.69) is 35.7 Å². The van der Waals surface area contributed by atoms with Crippen molar-refractivity contribution in [3.05, 3.63) is 12.2 Å². The molecule has 0 aromatic heterocycles. The van der Waals surface area contributed by atoms with Crippen molar-refractivity contribution < 1.29 is 9.90 Å². The average Bonchev–Trinajstić information content (AvgIpc) is 2.99. The zero-order chi connectivity index (χ0) is 16.3. The minimum absolute atomic E-state index is 0.296. The zero-order valence-electron chi connectivity index (χ0n) is 14.3. The number of allylic oxidation sites excluding steroid dienone is 2. The van der Waals surface area contributed by atoms with Gasteiger partial charge in [0.15, 0.2) is 0 Å². The van der Waals surface area contributed by atoms with Gasteiger partial charge in [0.25, 0.3) is 0 Å². The van der Waals surface area contributed by atoms with E-state index in [0.29, 0.717) is 6.42 Å². The highest BCUT2D eigenvalue weighted by atomic mass is 32.2. The van der Waals surface area contributed by atoms with Crippen molar-refractivity contribution in [3.8, 4) is 0 Å². The molecular formula is C19H32O2S2. The second-order valence-electron chi connectivity index (χ2n) is 6.97. The van der Waals surface area contributed by atoms with Gasteiger partial charge in [0.05, 0.1) is 0 Å². The van der Waals surface area contributed by atoms with Crippen LogP contribution in [0.5, 0.6) is 0 Å². The maximum atomic E-state index is 10.5. The number of hydrogen-bond donors (Lipinski definition) is 1. The first-order chi connectivity index (χ1) is 11.3. The molecule has 2 aliphatic rings. The number of carboxylic acids is 1. The smallest absolute Gasteiger partial charge is 0.303 e. The molecule has 1 saturated heterocycles. The van der Waals surface area contributed by atoms with Crippen molar-refractivity contribution >= 4 is 29.5 Å². The summed E-state index contributed by atoms with van der Waals surface area (Å²) in [6.45, 7) is 0. The van der Waals surface area contributed by atoms with Gasteiger partial charge < -0.3 is 5.11 Å². The van der Waals surface area contributed by atoms with Crippen LogP contribution in [-0.2, 0) is 4.79 Å². The van der Waals surface area contributed by atoms with E-state index in [4.69, 9.17) is 5.11 Å². The van der Waals surface area contributed by atoms with E-state index in [0.717, 1.165) is 29.9 Å². The first-order valence-corrected chi connectivity index (χ1v) is 11.5. The molecule has 1 aliphatic carbocycles. The highest BCUT2D eigenvalue weighted by Gasteiger charge is 2.26. The molecule has 23 heavy (non-hydrogen) atoms. The summed E-state index contributed by atoms with van der Waals surface area (Å²) in [5, 5.41) is 9.57. The summed E-state index contributed by atoms with van der Waals surface area (Å²) >= 11 is 4.37. The lowest BCUT2D eigenvalue weighted by atomic mass is 9.90. The van der Waals surface area contributed by atoms with E-state index >= 15 is 0 Å². The summed E-state index contributed by atoms with van der Waals surface area (Å²) in [4.78, 5) is 10.5. The molecule has 1 N–H and O–H groups in total. The number of hydrogen-bond acceptors (Lipinski definition) is 3. The van der Waals surface area contributed by atoms with Crippen LogP contribution in [0.25, 0.3) is 0 Å². The van der Waals surface area contributed by atoms with Crippen LogP contribution in [-0.4, -0.2) is 33.6 Å². The van der Waals surface area contributed by atoms with Gasteiger partial charge in [-0.05, 0) is 67.6 Å². The lowest BCUT2D eigenvalue weighted by Crippen LogP contribution is -2.14. The summed E-state index contributed by atoms with van der Waals surface area (Å²) < 4.78 is 0. The van der Waals surface area contributed by atoms with Crippen LogP contribution < -0.4 is 0 Å². The molecule has 0 spiro atoms. The summed E-state index contributed by atoms with van der Waals surface area (Å²) in [6, 6.07) is 0. The maximum Gasteiger partial charge on any atom is 0.303 e. The van der Waals surface area contributed by atoms with E-state index < -0.39 is 5.97 Å². The molecule has 0 bridgehead atoms. The molecule has 0 amide bonds. The summed E-state index contributed by atoms with van der Waals surface area (Å²) in [6.07, 6.45) is 16.3. The second-order valence-corrected chi connectivity index (χ2v) is 9.45. The number of thioether (sulfide) groups is 2. The quantitative estimate of drug-likeness (QED) is 0.407.